The first-order valence-corrected chi connectivity index (χ1v) is 8.39. The molecule has 0 bridgehead atoms. The van der Waals surface area contributed by atoms with Crippen molar-refractivity contribution in [3.63, 3.8) is 0 Å². The molecule has 2 unspecified atom stereocenters. The molecule has 3 rings (SSSR count). The molecule has 0 radical (unpaired) electrons. The number of hydrogen-bond acceptors (Lipinski definition) is 2. The lowest BCUT2D eigenvalue weighted by molar-refractivity contribution is 0.129. The van der Waals surface area contributed by atoms with E-state index in [1.54, 1.807) is 11.1 Å². The van der Waals surface area contributed by atoms with Crippen LogP contribution in [-0.4, -0.2) is 24.0 Å². The van der Waals surface area contributed by atoms with E-state index >= 15 is 0 Å². The topological polar surface area (TPSA) is 29.3 Å². The van der Waals surface area contributed by atoms with Crippen molar-refractivity contribution in [1.82, 2.24) is 4.90 Å². The minimum absolute atomic E-state index is 0.711. The molecule has 20 heavy (non-hydrogen) atoms. The highest BCUT2D eigenvalue weighted by Crippen LogP contribution is 2.30. The van der Waals surface area contributed by atoms with Gasteiger partial charge in [-0.05, 0) is 55.8 Å². The maximum atomic E-state index is 6.08. The minimum Gasteiger partial charge on any atom is -0.330 e. The van der Waals surface area contributed by atoms with Crippen LogP contribution < -0.4 is 5.73 Å². The fourth-order valence-corrected chi connectivity index (χ4v) is 4.13. The van der Waals surface area contributed by atoms with E-state index in [9.17, 15) is 0 Å². The molecule has 2 aliphatic rings. The van der Waals surface area contributed by atoms with E-state index in [4.69, 9.17) is 5.73 Å². The highest BCUT2D eigenvalue weighted by Gasteiger charge is 2.29. The first kappa shape index (κ1) is 14.1. The first-order valence-electron chi connectivity index (χ1n) is 8.39. The van der Waals surface area contributed by atoms with Gasteiger partial charge in [0.25, 0.3) is 0 Å². The number of aryl methyl sites for hydroxylation is 1. The van der Waals surface area contributed by atoms with Crippen LogP contribution in [-0.2, 0) is 13.0 Å². The molecule has 110 valence electrons. The summed E-state index contributed by atoms with van der Waals surface area (Å²) in [6.07, 6.45) is 9.39. The maximum absolute atomic E-state index is 6.08. The zero-order chi connectivity index (χ0) is 13.8. The standard InChI is InChI=1S/C18H28N2/c19-13-16-8-2-1-3-11-18(16)20-12-6-10-15-7-4-5-9-17(15)14-20/h4-5,7,9,16,18H,1-3,6,8,10-14,19H2. The Morgan fingerprint density at radius 1 is 1.00 bits per heavy atom. The summed E-state index contributed by atoms with van der Waals surface area (Å²) in [5.74, 6) is 0.711. The van der Waals surface area contributed by atoms with E-state index in [-0.39, 0.29) is 0 Å². The monoisotopic (exact) mass is 272 g/mol. The highest BCUT2D eigenvalue weighted by atomic mass is 15.2. The Kier molecular flexibility index (Phi) is 4.74. The molecule has 2 N–H and O–H groups in total. The van der Waals surface area contributed by atoms with Crippen molar-refractivity contribution in [3.05, 3.63) is 35.4 Å². The molecule has 2 nitrogen and oxygen atoms in total. The van der Waals surface area contributed by atoms with Crippen LogP contribution in [0.1, 0.15) is 49.7 Å². The summed E-state index contributed by atoms with van der Waals surface area (Å²) in [6.45, 7) is 3.25. The van der Waals surface area contributed by atoms with Crippen molar-refractivity contribution in [3.8, 4) is 0 Å². The Morgan fingerprint density at radius 2 is 1.80 bits per heavy atom. The lowest BCUT2D eigenvalue weighted by Gasteiger charge is -2.35. The summed E-state index contributed by atoms with van der Waals surface area (Å²) >= 11 is 0. The lowest BCUT2D eigenvalue weighted by atomic mass is 9.93. The summed E-state index contributed by atoms with van der Waals surface area (Å²) in [5.41, 5.74) is 9.19. The molecule has 0 spiro atoms. The summed E-state index contributed by atoms with van der Waals surface area (Å²) in [7, 11) is 0. The van der Waals surface area contributed by atoms with E-state index in [1.165, 1.54) is 51.5 Å². The van der Waals surface area contributed by atoms with Gasteiger partial charge in [0.2, 0.25) is 0 Å². The van der Waals surface area contributed by atoms with E-state index in [0.29, 0.717) is 12.0 Å². The molecule has 1 aliphatic heterocycles. The predicted octanol–water partition coefficient (Wildman–Crippen LogP) is 3.34. The Morgan fingerprint density at radius 3 is 2.65 bits per heavy atom. The molecular weight excluding hydrogens is 244 g/mol. The van der Waals surface area contributed by atoms with Crippen molar-refractivity contribution >= 4 is 0 Å². The number of fused-ring (bicyclic) bond motifs is 1. The van der Waals surface area contributed by atoms with Crippen LogP contribution in [0.3, 0.4) is 0 Å². The number of hydrogen-bond donors (Lipinski definition) is 1. The third kappa shape index (κ3) is 3.07. The Bertz CT molecular complexity index is 429. The normalized spacial score (nSPS) is 28.4. The van der Waals surface area contributed by atoms with Gasteiger partial charge in [-0.3, -0.25) is 4.90 Å². The largest absolute Gasteiger partial charge is 0.330 e. The number of rotatable bonds is 2. The summed E-state index contributed by atoms with van der Waals surface area (Å²) < 4.78 is 0. The van der Waals surface area contributed by atoms with Crippen LogP contribution in [0.2, 0.25) is 0 Å². The highest BCUT2D eigenvalue weighted by molar-refractivity contribution is 5.28. The van der Waals surface area contributed by atoms with Crippen LogP contribution in [0.5, 0.6) is 0 Å². The van der Waals surface area contributed by atoms with Crippen LogP contribution >= 0.6 is 0 Å². The maximum Gasteiger partial charge on any atom is 0.0239 e. The molecule has 2 atom stereocenters. The van der Waals surface area contributed by atoms with Gasteiger partial charge in [0.15, 0.2) is 0 Å². The van der Waals surface area contributed by atoms with Crippen LogP contribution in [0.25, 0.3) is 0 Å². The van der Waals surface area contributed by atoms with Gasteiger partial charge in [0.05, 0.1) is 0 Å². The molecule has 1 aromatic carbocycles. The van der Waals surface area contributed by atoms with Crippen molar-refractivity contribution in [2.45, 2.75) is 57.5 Å². The second kappa shape index (κ2) is 6.73. The average molecular weight is 272 g/mol. The quantitative estimate of drug-likeness (QED) is 0.837. The number of nitrogens with zero attached hydrogens (tertiary/aromatic N) is 1. The van der Waals surface area contributed by atoms with Gasteiger partial charge in [-0.1, -0.05) is 43.5 Å². The van der Waals surface area contributed by atoms with E-state index in [2.05, 4.69) is 29.2 Å². The van der Waals surface area contributed by atoms with Crippen LogP contribution in [0.15, 0.2) is 24.3 Å². The second-order valence-electron chi connectivity index (χ2n) is 6.54. The molecule has 1 heterocycles. The van der Waals surface area contributed by atoms with Gasteiger partial charge in [0, 0.05) is 12.6 Å². The Hall–Kier alpha value is -0.860. The summed E-state index contributed by atoms with van der Waals surface area (Å²) in [5, 5.41) is 0. The predicted molar refractivity (Wildman–Crippen MR) is 84.6 cm³/mol. The van der Waals surface area contributed by atoms with Gasteiger partial charge in [-0.25, -0.2) is 0 Å². The van der Waals surface area contributed by atoms with Crippen molar-refractivity contribution in [1.29, 1.82) is 0 Å². The molecule has 1 saturated carbocycles. The van der Waals surface area contributed by atoms with Gasteiger partial charge < -0.3 is 5.73 Å². The molecule has 2 heteroatoms. The Labute approximate surface area is 123 Å². The van der Waals surface area contributed by atoms with Gasteiger partial charge in [0.1, 0.15) is 0 Å². The zero-order valence-electron chi connectivity index (χ0n) is 12.6. The minimum atomic E-state index is 0.711. The Balaban J connectivity index is 1.78. The van der Waals surface area contributed by atoms with Crippen LogP contribution in [0, 0.1) is 5.92 Å². The summed E-state index contributed by atoms with van der Waals surface area (Å²) in [6, 6.07) is 9.72. The first-order chi connectivity index (χ1) is 9.88. The van der Waals surface area contributed by atoms with Crippen molar-refractivity contribution in [2.75, 3.05) is 13.1 Å². The average Bonchev–Trinajstić information content (AvgIpc) is 2.84. The van der Waals surface area contributed by atoms with Crippen molar-refractivity contribution < 1.29 is 0 Å². The lowest BCUT2D eigenvalue weighted by Crippen LogP contribution is -2.42. The fraction of sp³-hybridized carbons (Fsp3) is 0.667. The molecular formula is C18H28N2. The molecule has 0 saturated heterocycles. The molecule has 1 fully saturated rings. The molecule has 0 amide bonds. The third-order valence-electron chi connectivity index (χ3n) is 5.27. The smallest absolute Gasteiger partial charge is 0.0239 e. The second-order valence-corrected chi connectivity index (χ2v) is 6.54. The van der Waals surface area contributed by atoms with E-state index in [1.807, 2.05) is 0 Å². The van der Waals surface area contributed by atoms with Gasteiger partial charge in [-0.15, -0.1) is 0 Å². The fourth-order valence-electron chi connectivity index (χ4n) is 4.13. The molecule has 1 aliphatic carbocycles. The summed E-state index contributed by atoms with van der Waals surface area (Å²) in [4.78, 5) is 2.74. The third-order valence-corrected chi connectivity index (χ3v) is 5.27. The van der Waals surface area contributed by atoms with E-state index < -0.39 is 0 Å². The van der Waals surface area contributed by atoms with E-state index in [0.717, 1.165) is 13.1 Å². The van der Waals surface area contributed by atoms with Crippen molar-refractivity contribution in [2.24, 2.45) is 11.7 Å². The van der Waals surface area contributed by atoms with Crippen LogP contribution in [0.4, 0.5) is 0 Å². The zero-order valence-corrected chi connectivity index (χ0v) is 12.6. The SMILES string of the molecule is NCC1CCCCCC1N1CCCc2ccccc2C1. The number of nitrogens with two attached hydrogens (primary N) is 1. The molecule has 1 aromatic rings. The van der Waals surface area contributed by atoms with Gasteiger partial charge >= 0.3 is 0 Å². The number of benzene rings is 1. The van der Waals surface area contributed by atoms with Gasteiger partial charge in [-0.2, -0.15) is 0 Å². The molecule has 0 aromatic heterocycles.